The maximum Gasteiger partial charge on any atom is 0.284 e. The van der Waals surface area contributed by atoms with Gasteiger partial charge in [0.25, 0.3) is 4.59 Å². The SMILES string of the molecule is FC(Cl)(Cl)c1ccc(Cl)c(Cl)c1Cl. The van der Waals surface area contributed by atoms with Crippen LogP contribution in [0, 0.1) is 0 Å². The zero-order chi connectivity index (χ0) is 10.2. The van der Waals surface area contributed by atoms with Gasteiger partial charge in [0.05, 0.1) is 15.1 Å². The zero-order valence-electron chi connectivity index (χ0n) is 5.92. The summed E-state index contributed by atoms with van der Waals surface area (Å²) < 4.78 is 10.5. The Bertz CT molecular complexity index is 330. The third-order valence-electron chi connectivity index (χ3n) is 1.34. The van der Waals surface area contributed by atoms with E-state index in [1.807, 2.05) is 0 Å². The van der Waals surface area contributed by atoms with Crippen LogP contribution in [0.5, 0.6) is 0 Å². The molecule has 0 N–H and O–H groups in total. The normalized spacial score (nSPS) is 11.8. The minimum atomic E-state index is -2.56. The van der Waals surface area contributed by atoms with Crippen LogP contribution in [0.2, 0.25) is 15.1 Å². The van der Waals surface area contributed by atoms with Gasteiger partial charge in [0.15, 0.2) is 0 Å². The van der Waals surface area contributed by atoms with Crippen LogP contribution in [0.1, 0.15) is 5.56 Å². The molecule has 6 heteroatoms. The predicted octanol–water partition coefficient (Wildman–Crippen LogP) is 5.20. The average molecular weight is 282 g/mol. The van der Waals surface area contributed by atoms with Gasteiger partial charge in [0.1, 0.15) is 0 Å². The molecule has 1 aromatic rings. The summed E-state index contributed by atoms with van der Waals surface area (Å²) in [5, 5.41) is 0.166. The lowest BCUT2D eigenvalue weighted by Crippen LogP contribution is -2.02. The standard InChI is InChI=1S/C7H2Cl5F/c8-4-2-1-3(7(11,12)13)5(9)6(4)10/h1-2H. The molecule has 0 aliphatic carbocycles. The maximum absolute atomic E-state index is 13.0. The van der Waals surface area contributed by atoms with E-state index in [1.54, 1.807) is 0 Å². The Labute approximate surface area is 99.5 Å². The molecule has 0 aliphatic heterocycles. The van der Waals surface area contributed by atoms with Gasteiger partial charge in [-0.1, -0.05) is 64.1 Å². The highest BCUT2D eigenvalue weighted by atomic mass is 35.5. The average Bonchev–Trinajstić information content (AvgIpc) is 1.98. The lowest BCUT2D eigenvalue weighted by atomic mass is 10.2. The molecule has 0 radical (unpaired) electrons. The van der Waals surface area contributed by atoms with E-state index in [0.29, 0.717) is 0 Å². The van der Waals surface area contributed by atoms with Crippen LogP contribution in [0.25, 0.3) is 0 Å². The summed E-state index contributed by atoms with van der Waals surface area (Å²) in [6.45, 7) is 0. The second-order valence-electron chi connectivity index (χ2n) is 2.22. The minimum Gasteiger partial charge on any atom is -0.202 e. The van der Waals surface area contributed by atoms with Crippen molar-refractivity contribution in [1.29, 1.82) is 0 Å². The van der Waals surface area contributed by atoms with Crippen molar-refractivity contribution in [3.63, 3.8) is 0 Å². The van der Waals surface area contributed by atoms with Crippen molar-refractivity contribution in [3.05, 3.63) is 32.8 Å². The fraction of sp³-hybridized carbons (Fsp3) is 0.143. The molecule has 0 amide bonds. The summed E-state index contributed by atoms with van der Waals surface area (Å²) in [4.78, 5) is 0. The molecule has 0 saturated heterocycles. The van der Waals surface area contributed by atoms with Crippen molar-refractivity contribution in [2.24, 2.45) is 0 Å². The van der Waals surface area contributed by atoms with Crippen molar-refractivity contribution in [3.8, 4) is 0 Å². The molecule has 1 aromatic carbocycles. The molecule has 0 heterocycles. The minimum absolute atomic E-state index is 0.0316. The smallest absolute Gasteiger partial charge is 0.202 e. The van der Waals surface area contributed by atoms with Crippen LogP contribution in [-0.4, -0.2) is 0 Å². The van der Waals surface area contributed by atoms with Gasteiger partial charge in [-0.2, -0.15) is 0 Å². The quantitative estimate of drug-likeness (QED) is 0.490. The first-order valence-electron chi connectivity index (χ1n) is 3.04. The van der Waals surface area contributed by atoms with Gasteiger partial charge < -0.3 is 0 Å². The molecule has 0 aliphatic rings. The summed E-state index contributed by atoms with van der Waals surface area (Å²) >= 11 is 27.3. The highest BCUT2D eigenvalue weighted by molar-refractivity contribution is 6.51. The number of hydrogen-bond donors (Lipinski definition) is 0. The van der Waals surface area contributed by atoms with Crippen LogP contribution < -0.4 is 0 Å². The molecule has 13 heavy (non-hydrogen) atoms. The predicted molar refractivity (Wildman–Crippen MR) is 56.0 cm³/mol. The second-order valence-corrected chi connectivity index (χ2v) is 4.62. The summed E-state index contributed by atoms with van der Waals surface area (Å²) in [5.74, 6) is 0. The Morgan fingerprint density at radius 3 is 2.00 bits per heavy atom. The van der Waals surface area contributed by atoms with Crippen LogP contribution >= 0.6 is 58.0 Å². The Hall–Kier alpha value is 0.600. The topological polar surface area (TPSA) is 0 Å². The van der Waals surface area contributed by atoms with Crippen molar-refractivity contribution in [1.82, 2.24) is 0 Å². The van der Waals surface area contributed by atoms with Crippen LogP contribution in [0.4, 0.5) is 4.39 Å². The summed E-state index contributed by atoms with van der Waals surface area (Å²) in [7, 11) is 0. The third kappa shape index (κ3) is 2.54. The van der Waals surface area contributed by atoms with Crippen molar-refractivity contribution in [2.45, 2.75) is 4.59 Å². The molecule has 0 spiro atoms. The van der Waals surface area contributed by atoms with Crippen molar-refractivity contribution in [2.75, 3.05) is 0 Å². The Kier molecular flexibility index (Phi) is 3.59. The summed E-state index contributed by atoms with van der Waals surface area (Å²) in [6, 6.07) is 2.64. The van der Waals surface area contributed by atoms with Crippen LogP contribution in [-0.2, 0) is 4.59 Å². The van der Waals surface area contributed by atoms with Gasteiger partial charge in [-0.05, 0) is 6.07 Å². The van der Waals surface area contributed by atoms with E-state index >= 15 is 0 Å². The largest absolute Gasteiger partial charge is 0.284 e. The zero-order valence-corrected chi connectivity index (χ0v) is 9.70. The lowest BCUT2D eigenvalue weighted by Gasteiger charge is -2.12. The van der Waals surface area contributed by atoms with E-state index in [2.05, 4.69) is 0 Å². The molecule has 72 valence electrons. The molecule has 1 rings (SSSR count). The van der Waals surface area contributed by atoms with Gasteiger partial charge in [-0.3, -0.25) is 0 Å². The number of halogens is 6. The fourth-order valence-electron chi connectivity index (χ4n) is 0.745. The number of benzene rings is 1. The first-order chi connectivity index (χ1) is 5.84. The molecule has 0 bridgehead atoms. The number of hydrogen-bond acceptors (Lipinski definition) is 0. The monoisotopic (exact) mass is 280 g/mol. The van der Waals surface area contributed by atoms with Gasteiger partial charge in [0.2, 0.25) is 0 Å². The van der Waals surface area contributed by atoms with Gasteiger partial charge in [-0.15, -0.1) is 0 Å². The summed E-state index contributed by atoms with van der Waals surface area (Å²) in [5.41, 5.74) is -0.119. The Morgan fingerprint density at radius 1 is 1.00 bits per heavy atom. The van der Waals surface area contributed by atoms with E-state index in [9.17, 15) is 4.39 Å². The molecule has 0 fully saturated rings. The first-order valence-corrected chi connectivity index (χ1v) is 4.93. The van der Waals surface area contributed by atoms with Crippen LogP contribution in [0.3, 0.4) is 0 Å². The summed E-state index contributed by atoms with van der Waals surface area (Å²) in [6.07, 6.45) is 0. The van der Waals surface area contributed by atoms with Crippen molar-refractivity contribution < 1.29 is 4.39 Å². The van der Waals surface area contributed by atoms with E-state index in [4.69, 9.17) is 58.0 Å². The molecule has 0 saturated carbocycles. The second kappa shape index (κ2) is 4.00. The van der Waals surface area contributed by atoms with Gasteiger partial charge in [0, 0.05) is 5.56 Å². The Balaban J connectivity index is 3.35. The van der Waals surface area contributed by atoms with Gasteiger partial charge >= 0.3 is 0 Å². The van der Waals surface area contributed by atoms with E-state index in [1.165, 1.54) is 12.1 Å². The van der Waals surface area contributed by atoms with Gasteiger partial charge in [-0.25, -0.2) is 4.39 Å². The molecule has 0 nitrogen and oxygen atoms in total. The Morgan fingerprint density at radius 2 is 1.54 bits per heavy atom. The number of alkyl halides is 3. The van der Waals surface area contributed by atoms with Crippen molar-refractivity contribution >= 4 is 58.0 Å². The fourth-order valence-corrected chi connectivity index (χ4v) is 1.82. The molecule has 0 atom stereocenters. The van der Waals surface area contributed by atoms with E-state index < -0.39 is 4.59 Å². The molecule has 0 aromatic heterocycles. The highest BCUT2D eigenvalue weighted by Crippen LogP contribution is 2.43. The maximum atomic E-state index is 13.0. The lowest BCUT2D eigenvalue weighted by molar-refractivity contribution is 0.405. The van der Waals surface area contributed by atoms with Crippen LogP contribution in [0.15, 0.2) is 12.1 Å². The number of rotatable bonds is 1. The molecular weight excluding hydrogens is 280 g/mol. The van der Waals surface area contributed by atoms with E-state index in [-0.39, 0.29) is 20.6 Å². The molecule has 0 unspecified atom stereocenters. The third-order valence-corrected chi connectivity index (χ3v) is 3.04. The molecular formula is C7H2Cl5F. The highest BCUT2D eigenvalue weighted by Gasteiger charge is 2.29. The first kappa shape index (κ1) is 11.7. The van der Waals surface area contributed by atoms with E-state index in [0.717, 1.165) is 0 Å².